The molecule has 2 aromatic rings. The van der Waals surface area contributed by atoms with Crippen molar-refractivity contribution in [3.8, 4) is 0 Å². The summed E-state index contributed by atoms with van der Waals surface area (Å²) in [6.07, 6.45) is 11.4. The monoisotopic (exact) mass is 355 g/mol. The van der Waals surface area contributed by atoms with E-state index in [1.165, 1.54) is 44.9 Å². The van der Waals surface area contributed by atoms with Gasteiger partial charge in [0.1, 0.15) is 0 Å². The first-order valence-electron chi connectivity index (χ1n) is 10.2. The number of nitrogens with one attached hydrogen (secondary N) is 1. The molecular formula is C21H29N3O2. The van der Waals surface area contributed by atoms with Crippen LogP contribution in [0.2, 0.25) is 0 Å². The molecular weight excluding hydrogens is 326 g/mol. The average molecular weight is 355 g/mol. The maximum atomic E-state index is 12.6. The lowest BCUT2D eigenvalue weighted by Gasteiger charge is -2.39. The van der Waals surface area contributed by atoms with Crippen molar-refractivity contribution in [1.82, 2.24) is 14.5 Å². The Balaban J connectivity index is 1.53. The van der Waals surface area contributed by atoms with E-state index in [4.69, 9.17) is 0 Å². The number of benzene rings is 1. The molecule has 1 aromatic carbocycles. The third-order valence-electron chi connectivity index (χ3n) is 6.28. The van der Waals surface area contributed by atoms with E-state index in [0.717, 1.165) is 37.0 Å². The molecule has 1 N–H and O–H groups in total. The topological polar surface area (TPSA) is 58.1 Å². The Hall–Kier alpha value is -1.88. The minimum atomic E-state index is -0.508. The molecule has 0 bridgehead atoms. The van der Waals surface area contributed by atoms with Crippen molar-refractivity contribution < 1.29 is 0 Å². The molecule has 2 fully saturated rings. The molecule has 1 aliphatic carbocycles. The number of hydrogen-bond acceptors (Lipinski definition) is 3. The summed E-state index contributed by atoms with van der Waals surface area (Å²) < 4.78 is 1.75. The molecule has 5 heteroatoms. The van der Waals surface area contributed by atoms with Gasteiger partial charge in [-0.25, -0.2) is 0 Å². The Bertz CT molecular complexity index is 853. The number of rotatable bonds is 2. The van der Waals surface area contributed by atoms with Crippen LogP contribution in [-0.4, -0.2) is 33.6 Å². The van der Waals surface area contributed by atoms with E-state index in [-0.39, 0.29) is 6.04 Å². The summed E-state index contributed by atoms with van der Waals surface area (Å²) in [5.74, 6) is 0. The average Bonchev–Trinajstić information content (AvgIpc) is 2.63. The van der Waals surface area contributed by atoms with Gasteiger partial charge in [-0.15, -0.1) is 0 Å². The molecule has 0 radical (unpaired) electrons. The van der Waals surface area contributed by atoms with Gasteiger partial charge >= 0.3 is 11.1 Å². The van der Waals surface area contributed by atoms with E-state index in [1.807, 2.05) is 24.3 Å². The summed E-state index contributed by atoms with van der Waals surface area (Å²) in [5.41, 5.74) is 0.681. The van der Waals surface area contributed by atoms with Crippen molar-refractivity contribution in [2.45, 2.75) is 69.9 Å². The van der Waals surface area contributed by atoms with Crippen LogP contribution in [0.15, 0.2) is 33.9 Å². The zero-order valence-corrected chi connectivity index (χ0v) is 15.5. The standard InChI is InChI=1S/C21H29N3O2/c25-20-21(26)24(19-11-7-6-10-18(19)22-20)17-12-14-23(15-13-17)16-8-4-2-1-3-5-9-16/h6-7,10-11,16-17H,1-5,8-9,12-15H2,(H,22,25). The van der Waals surface area contributed by atoms with Gasteiger partial charge < -0.3 is 9.88 Å². The van der Waals surface area contributed by atoms with E-state index >= 15 is 0 Å². The normalized spacial score (nSPS) is 21.5. The number of aromatic amines is 1. The lowest BCUT2D eigenvalue weighted by molar-refractivity contribution is 0.116. The molecule has 2 heterocycles. The first-order valence-corrected chi connectivity index (χ1v) is 10.2. The predicted molar refractivity (Wildman–Crippen MR) is 105 cm³/mol. The summed E-state index contributed by atoms with van der Waals surface area (Å²) in [6, 6.07) is 8.47. The van der Waals surface area contributed by atoms with Crippen LogP contribution in [0.5, 0.6) is 0 Å². The highest BCUT2D eigenvalue weighted by atomic mass is 16.2. The Morgan fingerprint density at radius 3 is 2.19 bits per heavy atom. The molecule has 5 nitrogen and oxygen atoms in total. The van der Waals surface area contributed by atoms with Gasteiger partial charge in [-0.05, 0) is 37.8 Å². The fourth-order valence-electron chi connectivity index (χ4n) is 4.86. The van der Waals surface area contributed by atoms with Crippen LogP contribution >= 0.6 is 0 Å². The van der Waals surface area contributed by atoms with E-state index in [0.29, 0.717) is 6.04 Å². The highest BCUT2D eigenvalue weighted by Gasteiger charge is 2.27. The second kappa shape index (κ2) is 7.78. The highest BCUT2D eigenvalue weighted by molar-refractivity contribution is 5.74. The highest BCUT2D eigenvalue weighted by Crippen LogP contribution is 2.28. The van der Waals surface area contributed by atoms with Crippen LogP contribution in [-0.2, 0) is 0 Å². The van der Waals surface area contributed by atoms with Crippen molar-refractivity contribution in [3.63, 3.8) is 0 Å². The molecule has 0 unspecified atom stereocenters. The van der Waals surface area contributed by atoms with Crippen LogP contribution in [0, 0.1) is 0 Å². The van der Waals surface area contributed by atoms with E-state index in [1.54, 1.807) is 4.57 Å². The number of piperidine rings is 1. The van der Waals surface area contributed by atoms with Gasteiger partial charge in [-0.3, -0.25) is 14.2 Å². The lowest BCUT2D eigenvalue weighted by Crippen LogP contribution is -2.45. The first-order chi connectivity index (χ1) is 12.7. The molecule has 26 heavy (non-hydrogen) atoms. The van der Waals surface area contributed by atoms with E-state index in [9.17, 15) is 9.59 Å². The number of hydrogen-bond donors (Lipinski definition) is 1. The van der Waals surface area contributed by atoms with E-state index < -0.39 is 11.1 Å². The SMILES string of the molecule is O=c1[nH]c2ccccc2n(C2CCN(C3CCCCCCC3)CC2)c1=O. The van der Waals surface area contributed by atoms with Crippen molar-refractivity contribution in [3.05, 3.63) is 45.0 Å². The minimum absolute atomic E-state index is 0.125. The smallest absolute Gasteiger partial charge is 0.316 e. The number of likely N-dealkylation sites (tertiary alicyclic amines) is 1. The minimum Gasteiger partial charge on any atom is -0.316 e. The molecule has 0 amide bonds. The van der Waals surface area contributed by atoms with Crippen LogP contribution < -0.4 is 11.1 Å². The maximum absolute atomic E-state index is 12.6. The third-order valence-corrected chi connectivity index (χ3v) is 6.28. The number of para-hydroxylation sites is 2. The van der Waals surface area contributed by atoms with Gasteiger partial charge in [-0.2, -0.15) is 0 Å². The fourth-order valence-corrected chi connectivity index (χ4v) is 4.86. The second-order valence-electron chi connectivity index (χ2n) is 7.91. The Morgan fingerprint density at radius 2 is 1.46 bits per heavy atom. The zero-order chi connectivity index (χ0) is 17.9. The zero-order valence-electron chi connectivity index (χ0n) is 15.5. The van der Waals surface area contributed by atoms with Crippen LogP contribution in [0.3, 0.4) is 0 Å². The fraction of sp³-hybridized carbons (Fsp3) is 0.619. The van der Waals surface area contributed by atoms with Crippen molar-refractivity contribution >= 4 is 11.0 Å². The largest absolute Gasteiger partial charge is 0.316 e. The summed E-state index contributed by atoms with van der Waals surface area (Å²) in [4.78, 5) is 30.0. The number of H-pyrrole nitrogens is 1. The summed E-state index contributed by atoms with van der Waals surface area (Å²) >= 11 is 0. The molecule has 1 aromatic heterocycles. The Morgan fingerprint density at radius 1 is 0.808 bits per heavy atom. The van der Waals surface area contributed by atoms with Crippen molar-refractivity contribution in [2.24, 2.45) is 0 Å². The number of nitrogens with zero attached hydrogens (tertiary/aromatic N) is 2. The predicted octanol–water partition coefficient (Wildman–Crippen LogP) is 3.44. The van der Waals surface area contributed by atoms with Crippen LogP contribution in [0.4, 0.5) is 0 Å². The molecule has 1 saturated heterocycles. The van der Waals surface area contributed by atoms with Gasteiger partial charge in [0.2, 0.25) is 0 Å². The number of fused-ring (bicyclic) bond motifs is 1. The van der Waals surface area contributed by atoms with Gasteiger partial charge in [0.15, 0.2) is 0 Å². The Kier molecular flexibility index (Phi) is 5.25. The molecule has 2 aliphatic rings. The van der Waals surface area contributed by atoms with Crippen molar-refractivity contribution in [2.75, 3.05) is 13.1 Å². The second-order valence-corrected chi connectivity index (χ2v) is 7.91. The van der Waals surface area contributed by atoms with Gasteiger partial charge in [0.25, 0.3) is 0 Å². The molecule has 0 atom stereocenters. The molecule has 0 spiro atoms. The molecule has 1 aliphatic heterocycles. The van der Waals surface area contributed by atoms with Crippen molar-refractivity contribution in [1.29, 1.82) is 0 Å². The number of aromatic nitrogens is 2. The Labute approximate surface area is 154 Å². The van der Waals surface area contributed by atoms with Gasteiger partial charge in [0, 0.05) is 25.2 Å². The molecule has 140 valence electrons. The van der Waals surface area contributed by atoms with Gasteiger partial charge in [0.05, 0.1) is 11.0 Å². The summed E-state index contributed by atoms with van der Waals surface area (Å²) in [7, 11) is 0. The molecule has 4 rings (SSSR count). The molecule has 1 saturated carbocycles. The first kappa shape index (κ1) is 17.5. The van der Waals surface area contributed by atoms with Gasteiger partial charge in [-0.1, -0.05) is 44.2 Å². The summed E-state index contributed by atoms with van der Waals surface area (Å²) in [5, 5.41) is 0. The quantitative estimate of drug-likeness (QED) is 0.840. The lowest BCUT2D eigenvalue weighted by atomic mass is 9.93. The van der Waals surface area contributed by atoms with Crippen LogP contribution in [0.25, 0.3) is 11.0 Å². The summed E-state index contributed by atoms with van der Waals surface area (Å²) in [6.45, 7) is 2.06. The van der Waals surface area contributed by atoms with E-state index in [2.05, 4.69) is 9.88 Å². The maximum Gasteiger partial charge on any atom is 0.316 e. The van der Waals surface area contributed by atoms with Crippen LogP contribution in [0.1, 0.15) is 63.8 Å². The third kappa shape index (κ3) is 3.50.